The van der Waals surface area contributed by atoms with Gasteiger partial charge in [0.25, 0.3) is 0 Å². The minimum absolute atomic E-state index is 0.698. The first-order valence-electron chi connectivity index (χ1n) is 7.46. The van der Waals surface area contributed by atoms with E-state index in [1.807, 2.05) is 11.6 Å². The first kappa shape index (κ1) is 13.3. The second-order valence-corrected chi connectivity index (χ2v) is 5.56. The molecule has 106 valence electrons. The molecule has 1 heterocycles. The SMILES string of the molecule is CCc1ccc(Cn2nc(C)nc2CNC2CC2)cc1. The highest BCUT2D eigenvalue weighted by atomic mass is 15.4. The quantitative estimate of drug-likeness (QED) is 0.876. The van der Waals surface area contributed by atoms with Gasteiger partial charge >= 0.3 is 0 Å². The van der Waals surface area contributed by atoms with Gasteiger partial charge in [0.1, 0.15) is 11.6 Å². The van der Waals surface area contributed by atoms with Crippen molar-refractivity contribution in [2.45, 2.75) is 52.2 Å². The molecule has 1 aromatic carbocycles. The summed E-state index contributed by atoms with van der Waals surface area (Å²) >= 11 is 0. The van der Waals surface area contributed by atoms with E-state index < -0.39 is 0 Å². The second-order valence-electron chi connectivity index (χ2n) is 5.56. The van der Waals surface area contributed by atoms with Gasteiger partial charge < -0.3 is 5.32 Å². The van der Waals surface area contributed by atoms with Crippen molar-refractivity contribution in [3.05, 3.63) is 47.0 Å². The number of hydrogen-bond acceptors (Lipinski definition) is 3. The Bertz CT molecular complexity index is 567. The minimum atomic E-state index is 0.698. The molecule has 1 aliphatic carbocycles. The average Bonchev–Trinajstić information content (AvgIpc) is 3.22. The highest BCUT2D eigenvalue weighted by molar-refractivity contribution is 5.22. The molecule has 0 unspecified atom stereocenters. The Hall–Kier alpha value is -1.68. The van der Waals surface area contributed by atoms with Crippen LogP contribution in [0.5, 0.6) is 0 Å². The van der Waals surface area contributed by atoms with Crippen molar-refractivity contribution in [1.29, 1.82) is 0 Å². The number of aromatic nitrogens is 3. The molecule has 3 rings (SSSR count). The van der Waals surface area contributed by atoms with E-state index in [1.54, 1.807) is 0 Å². The van der Waals surface area contributed by atoms with E-state index in [2.05, 4.69) is 46.6 Å². The lowest BCUT2D eigenvalue weighted by molar-refractivity contribution is 0.582. The summed E-state index contributed by atoms with van der Waals surface area (Å²) in [4.78, 5) is 4.53. The predicted octanol–water partition coefficient (Wildman–Crippen LogP) is 2.45. The Kier molecular flexibility index (Phi) is 3.83. The van der Waals surface area contributed by atoms with E-state index in [-0.39, 0.29) is 0 Å². The molecule has 0 bridgehead atoms. The van der Waals surface area contributed by atoms with Crippen LogP contribution in [0.1, 0.15) is 42.5 Å². The molecule has 20 heavy (non-hydrogen) atoms. The Morgan fingerprint density at radius 1 is 1.20 bits per heavy atom. The molecule has 0 amide bonds. The molecule has 0 radical (unpaired) electrons. The molecular weight excluding hydrogens is 248 g/mol. The van der Waals surface area contributed by atoms with Crippen molar-refractivity contribution in [2.24, 2.45) is 0 Å². The minimum Gasteiger partial charge on any atom is -0.307 e. The first-order valence-corrected chi connectivity index (χ1v) is 7.46. The van der Waals surface area contributed by atoms with Gasteiger partial charge in [-0.1, -0.05) is 31.2 Å². The third-order valence-electron chi connectivity index (χ3n) is 3.74. The van der Waals surface area contributed by atoms with Crippen LogP contribution in [0, 0.1) is 6.92 Å². The van der Waals surface area contributed by atoms with Crippen LogP contribution in [0.4, 0.5) is 0 Å². The van der Waals surface area contributed by atoms with E-state index in [0.29, 0.717) is 6.04 Å². The molecule has 0 spiro atoms. The molecule has 4 heteroatoms. The lowest BCUT2D eigenvalue weighted by Gasteiger charge is -2.07. The van der Waals surface area contributed by atoms with Gasteiger partial charge in [-0.05, 0) is 37.3 Å². The molecule has 4 nitrogen and oxygen atoms in total. The molecule has 1 N–H and O–H groups in total. The fourth-order valence-corrected chi connectivity index (χ4v) is 2.33. The summed E-state index contributed by atoms with van der Waals surface area (Å²) in [6.45, 7) is 5.75. The Morgan fingerprint density at radius 3 is 2.55 bits per heavy atom. The fourth-order valence-electron chi connectivity index (χ4n) is 2.33. The smallest absolute Gasteiger partial charge is 0.147 e. The number of aryl methyl sites for hydroxylation is 2. The Labute approximate surface area is 120 Å². The Morgan fingerprint density at radius 2 is 1.90 bits per heavy atom. The summed E-state index contributed by atoms with van der Waals surface area (Å²) in [6, 6.07) is 9.47. The van der Waals surface area contributed by atoms with Gasteiger partial charge in [0.05, 0.1) is 13.1 Å². The zero-order chi connectivity index (χ0) is 13.9. The van der Waals surface area contributed by atoms with Crippen LogP contribution in [-0.2, 0) is 19.5 Å². The van der Waals surface area contributed by atoms with E-state index in [4.69, 9.17) is 0 Å². The largest absolute Gasteiger partial charge is 0.307 e. The zero-order valence-corrected chi connectivity index (χ0v) is 12.3. The van der Waals surface area contributed by atoms with Crippen molar-refractivity contribution in [2.75, 3.05) is 0 Å². The summed E-state index contributed by atoms with van der Waals surface area (Å²) in [6.07, 6.45) is 3.68. The molecular formula is C16H22N4. The average molecular weight is 270 g/mol. The van der Waals surface area contributed by atoms with Crippen molar-refractivity contribution in [3.8, 4) is 0 Å². The lowest BCUT2D eigenvalue weighted by atomic mass is 10.1. The lowest BCUT2D eigenvalue weighted by Crippen LogP contribution is -2.19. The zero-order valence-electron chi connectivity index (χ0n) is 12.3. The molecule has 2 aromatic rings. The van der Waals surface area contributed by atoms with Crippen molar-refractivity contribution in [1.82, 2.24) is 20.1 Å². The van der Waals surface area contributed by atoms with Gasteiger partial charge in [0, 0.05) is 6.04 Å². The fraction of sp³-hybridized carbons (Fsp3) is 0.500. The molecule has 1 saturated carbocycles. The maximum Gasteiger partial charge on any atom is 0.147 e. The Balaban J connectivity index is 1.71. The van der Waals surface area contributed by atoms with Gasteiger partial charge in [-0.25, -0.2) is 9.67 Å². The van der Waals surface area contributed by atoms with Gasteiger partial charge in [-0.15, -0.1) is 0 Å². The van der Waals surface area contributed by atoms with Crippen LogP contribution in [0.2, 0.25) is 0 Å². The molecule has 0 atom stereocenters. The van der Waals surface area contributed by atoms with Crippen molar-refractivity contribution in [3.63, 3.8) is 0 Å². The van der Waals surface area contributed by atoms with Crippen molar-refractivity contribution < 1.29 is 0 Å². The summed E-state index contributed by atoms with van der Waals surface area (Å²) < 4.78 is 2.02. The van der Waals surface area contributed by atoms with Gasteiger partial charge in [0.2, 0.25) is 0 Å². The third kappa shape index (κ3) is 3.25. The number of nitrogens with one attached hydrogen (secondary N) is 1. The van der Waals surface area contributed by atoms with Crippen LogP contribution in [0.25, 0.3) is 0 Å². The predicted molar refractivity (Wildman–Crippen MR) is 79.5 cm³/mol. The second kappa shape index (κ2) is 5.75. The van der Waals surface area contributed by atoms with E-state index in [9.17, 15) is 0 Å². The number of hydrogen-bond donors (Lipinski definition) is 1. The molecule has 1 aromatic heterocycles. The number of benzene rings is 1. The van der Waals surface area contributed by atoms with Gasteiger partial charge in [-0.2, -0.15) is 5.10 Å². The maximum atomic E-state index is 4.53. The highest BCUT2D eigenvalue weighted by Crippen LogP contribution is 2.19. The monoisotopic (exact) mass is 270 g/mol. The van der Waals surface area contributed by atoms with Crippen LogP contribution in [0.15, 0.2) is 24.3 Å². The third-order valence-corrected chi connectivity index (χ3v) is 3.74. The van der Waals surface area contributed by atoms with Crippen LogP contribution in [0.3, 0.4) is 0 Å². The van der Waals surface area contributed by atoms with E-state index in [1.165, 1.54) is 24.0 Å². The highest BCUT2D eigenvalue weighted by Gasteiger charge is 2.21. The van der Waals surface area contributed by atoms with Crippen LogP contribution < -0.4 is 5.32 Å². The van der Waals surface area contributed by atoms with Crippen LogP contribution in [-0.4, -0.2) is 20.8 Å². The van der Waals surface area contributed by atoms with Gasteiger partial charge in [0.15, 0.2) is 0 Å². The van der Waals surface area contributed by atoms with E-state index >= 15 is 0 Å². The van der Waals surface area contributed by atoms with Crippen LogP contribution >= 0.6 is 0 Å². The van der Waals surface area contributed by atoms with Crippen molar-refractivity contribution >= 4 is 0 Å². The first-order chi connectivity index (χ1) is 9.74. The topological polar surface area (TPSA) is 42.7 Å². The number of nitrogens with zero attached hydrogens (tertiary/aromatic N) is 3. The normalized spacial score (nSPS) is 14.7. The standard InChI is InChI=1S/C16H22N4/c1-3-13-4-6-14(7-5-13)11-20-16(18-12(2)19-20)10-17-15-8-9-15/h4-7,15,17H,3,8-11H2,1-2H3. The summed E-state index contributed by atoms with van der Waals surface area (Å²) in [5, 5.41) is 8.02. The summed E-state index contributed by atoms with van der Waals surface area (Å²) in [5.41, 5.74) is 2.65. The molecule has 1 fully saturated rings. The molecule has 1 aliphatic rings. The molecule has 0 aliphatic heterocycles. The maximum absolute atomic E-state index is 4.53. The summed E-state index contributed by atoms with van der Waals surface area (Å²) in [7, 11) is 0. The van der Waals surface area contributed by atoms with Gasteiger partial charge in [-0.3, -0.25) is 0 Å². The van der Waals surface area contributed by atoms with E-state index in [0.717, 1.165) is 31.2 Å². The number of rotatable bonds is 6. The molecule has 0 saturated heterocycles. The summed E-state index contributed by atoms with van der Waals surface area (Å²) in [5.74, 6) is 1.89.